The Morgan fingerprint density at radius 3 is 2.63 bits per heavy atom. The Balaban J connectivity index is 1.30. The minimum absolute atomic E-state index is 0.0924. The molecule has 138 valence electrons. The number of likely N-dealkylation sites (tertiary alicyclic amines) is 1. The van der Waals surface area contributed by atoms with Crippen LogP contribution in [0.1, 0.15) is 25.7 Å². The van der Waals surface area contributed by atoms with Gasteiger partial charge in [0, 0.05) is 35.3 Å². The number of nitrogens with zero attached hydrogens (tertiary/aromatic N) is 3. The van der Waals surface area contributed by atoms with Gasteiger partial charge in [-0.15, -0.1) is 0 Å². The molecule has 0 radical (unpaired) electrons. The first-order valence-electron chi connectivity index (χ1n) is 9.70. The lowest BCUT2D eigenvalue weighted by Crippen LogP contribution is -2.39. The molecule has 3 aromatic rings. The molecule has 0 spiro atoms. The van der Waals surface area contributed by atoms with E-state index in [1.165, 1.54) is 12.8 Å². The van der Waals surface area contributed by atoms with Crippen molar-refractivity contribution in [2.75, 3.05) is 18.4 Å². The Kier molecular flexibility index (Phi) is 4.13. The summed E-state index contributed by atoms with van der Waals surface area (Å²) < 4.78 is 0. The normalized spacial score (nSPS) is 18.7. The van der Waals surface area contributed by atoms with E-state index in [9.17, 15) is 4.79 Å². The number of anilines is 1. The summed E-state index contributed by atoms with van der Waals surface area (Å²) in [5.41, 5.74) is 2.13. The molecule has 2 aliphatic rings. The summed E-state index contributed by atoms with van der Waals surface area (Å²) in [6, 6.07) is 8.95. The van der Waals surface area contributed by atoms with Gasteiger partial charge in [0.2, 0.25) is 5.91 Å². The number of benzene rings is 1. The van der Waals surface area contributed by atoms with Crippen LogP contribution in [0.4, 0.5) is 5.82 Å². The van der Waals surface area contributed by atoms with Crippen molar-refractivity contribution in [3.8, 4) is 11.1 Å². The van der Waals surface area contributed by atoms with Crippen molar-refractivity contribution in [3.05, 3.63) is 42.9 Å². The standard InChI is InChI=1S/C21H23N5O/c27-21(14-5-7-26(8-6-14)19-3-4-19)25-20-10-17-9-15(18-12-23-24-13-18)1-2-16(17)11-22-20/h1-2,9-14,19H,3-8H2,(H,23,24)(H,22,25,27). The van der Waals surface area contributed by atoms with Gasteiger partial charge in [-0.3, -0.25) is 9.89 Å². The fourth-order valence-corrected chi connectivity index (χ4v) is 3.99. The molecule has 1 saturated carbocycles. The minimum Gasteiger partial charge on any atom is -0.310 e. The number of carbonyl (C=O) groups excluding carboxylic acids is 1. The van der Waals surface area contributed by atoms with Gasteiger partial charge in [0.15, 0.2) is 0 Å². The summed E-state index contributed by atoms with van der Waals surface area (Å²) in [5.74, 6) is 0.819. The van der Waals surface area contributed by atoms with Crippen LogP contribution < -0.4 is 5.32 Å². The zero-order valence-corrected chi connectivity index (χ0v) is 15.2. The van der Waals surface area contributed by atoms with E-state index in [1.54, 1.807) is 6.20 Å². The van der Waals surface area contributed by atoms with Crippen LogP contribution in [0.2, 0.25) is 0 Å². The minimum atomic E-state index is 0.0924. The number of aromatic nitrogens is 3. The molecule has 1 aromatic carbocycles. The fourth-order valence-electron chi connectivity index (χ4n) is 3.99. The average Bonchev–Trinajstić information content (AvgIpc) is 3.41. The van der Waals surface area contributed by atoms with Crippen molar-refractivity contribution < 1.29 is 4.79 Å². The van der Waals surface area contributed by atoms with Crippen LogP contribution in [0.25, 0.3) is 21.9 Å². The SMILES string of the molecule is O=C(Nc1cc2cc(-c3cn[nH]c3)ccc2cn1)C1CCN(C2CC2)CC1. The molecule has 1 amide bonds. The first kappa shape index (κ1) is 16.4. The van der Waals surface area contributed by atoms with Crippen molar-refractivity contribution in [1.82, 2.24) is 20.1 Å². The maximum atomic E-state index is 12.7. The highest BCUT2D eigenvalue weighted by atomic mass is 16.1. The largest absolute Gasteiger partial charge is 0.310 e. The van der Waals surface area contributed by atoms with Crippen LogP contribution in [0.15, 0.2) is 42.9 Å². The zero-order chi connectivity index (χ0) is 18.2. The highest BCUT2D eigenvalue weighted by Gasteiger charge is 2.33. The molecule has 1 aliphatic carbocycles. The second-order valence-electron chi connectivity index (χ2n) is 7.65. The maximum absolute atomic E-state index is 12.7. The Bertz CT molecular complexity index is 956. The van der Waals surface area contributed by atoms with Gasteiger partial charge in [-0.05, 0) is 61.9 Å². The monoisotopic (exact) mass is 361 g/mol. The van der Waals surface area contributed by atoms with Crippen LogP contribution in [0.5, 0.6) is 0 Å². The lowest BCUT2D eigenvalue weighted by molar-refractivity contribution is -0.121. The van der Waals surface area contributed by atoms with Crippen LogP contribution in [-0.4, -0.2) is 45.1 Å². The van der Waals surface area contributed by atoms with E-state index in [0.717, 1.165) is 53.9 Å². The number of carbonyl (C=O) groups is 1. The van der Waals surface area contributed by atoms with E-state index in [-0.39, 0.29) is 11.8 Å². The molecule has 2 aromatic heterocycles. The maximum Gasteiger partial charge on any atom is 0.228 e. The lowest BCUT2D eigenvalue weighted by atomic mass is 9.96. The van der Waals surface area contributed by atoms with Gasteiger partial charge < -0.3 is 10.2 Å². The van der Waals surface area contributed by atoms with Crippen molar-refractivity contribution >= 4 is 22.5 Å². The number of amides is 1. The Hall–Kier alpha value is -2.73. The summed E-state index contributed by atoms with van der Waals surface area (Å²) in [7, 11) is 0. The van der Waals surface area contributed by atoms with Gasteiger partial charge in [-0.25, -0.2) is 4.98 Å². The Morgan fingerprint density at radius 2 is 1.89 bits per heavy atom. The molecule has 1 saturated heterocycles. The first-order chi connectivity index (χ1) is 13.3. The molecule has 1 aliphatic heterocycles. The summed E-state index contributed by atoms with van der Waals surface area (Å²) in [6.07, 6.45) is 10.1. The van der Waals surface area contributed by atoms with E-state index in [4.69, 9.17) is 0 Å². The quantitative estimate of drug-likeness (QED) is 0.747. The number of hydrogen-bond donors (Lipinski definition) is 2. The van der Waals surface area contributed by atoms with Crippen LogP contribution in [0.3, 0.4) is 0 Å². The van der Waals surface area contributed by atoms with E-state index in [2.05, 4.69) is 37.5 Å². The molecule has 2 fully saturated rings. The summed E-state index contributed by atoms with van der Waals surface area (Å²) in [4.78, 5) is 19.6. The number of pyridine rings is 1. The number of hydrogen-bond acceptors (Lipinski definition) is 4. The topological polar surface area (TPSA) is 73.9 Å². The van der Waals surface area contributed by atoms with E-state index >= 15 is 0 Å². The summed E-state index contributed by atoms with van der Waals surface area (Å²) in [5, 5.41) is 12.0. The van der Waals surface area contributed by atoms with Crippen LogP contribution >= 0.6 is 0 Å². The highest BCUT2D eigenvalue weighted by molar-refractivity contribution is 5.95. The molecule has 0 bridgehead atoms. The van der Waals surface area contributed by atoms with E-state index in [1.807, 2.05) is 24.5 Å². The third-order valence-corrected chi connectivity index (χ3v) is 5.77. The lowest BCUT2D eigenvalue weighted by Gasteiger charge is -2.31. The van der Waals surface area contributed by atoms with Gasteiger partial charge in [0.1, 0.15) is 5.82 Å². The van der Waals surface area contributed by atoms with Gasteiger partial charge >= 0.3 is 0 Å². The predicted molar refractivity (Wildman–Crippen MR) is 105 cm³/mol. The molecule has 0 unspecified atom stereocenters. The van der Waals surface area contributed by atoms with Gasteiger partial charge in [0.05, 0.1) is 6.20 Å². The van der Waals surface area contributed by atoms with Crippen molar-refractivity contribution in [2.24, 2.45) is 5.92 Å². The van der Waals surface area contributed by atoms with Gasteiger partial charge in [-0.1, -0.05) is 12.1 Å². The number of aromatic amines is 1. The van der Waals surface area contributed by atoms with Crippen LogP contribution in [-0.2, 0) is 4.79 Å². The predicted octanol–water partition coefficient (Wildman–Crippen LogP) is 3.44. The number of nitrogens with one attached hydrogen (secondary N) is 2. The second-order valence-corrected chi connectivity index (χ2v) is 7.65. The smallest absolute Gasteiger partial charge is 0.228 e. The Labute approximate surface area is 158 Å². The molecule has 5 rings (SSSR count). The molecule has 0 atom stereocenters. The van der Waals surface area contributed by atoms with Crippen molar-refractivity contribution in [3.63, 3.8) is 0 Å². The Morgan fingerprint density at radius 1 is 1.04 bits per heavy atom. The summed E-state index contributed by atoms with van der Waals surface area (Å²) in [6.45, 7) is 2.09. The zero-order valence-electron chi connectivity index (χ0n) is 15.2. The molecule has 27 heavy (non-hydrogen) atoms. The first-order valence-corrected chi connectivity index (χ1v) is 9.70. The highest BCUT2D eigenvalue weighted by Crippen LogP contribution is 2.31. The fraction of sp³-hybridized carbons (Fsp3) is 0.381. The van der Waals surface area contributed by atoms with Crippen molar-refractivity contribution in [2.45, 2.75) is 31.7 Å². The molecule has 3 heterocycles. The summed E-state index contributed by atoms with van der Waals surface area (Å²) >= 11 is 0. The third kappa shape index (κ3) is 3.45. The molecular formula is C21H23N5O. The van der Waals surface area contributed by atoms with Crippen molar-refractivity contribution in [1.29, 1.82) is 0 Å². The van der Waals surface area contributed by atoms with Gasteiger partial charge in [-0.2, -0.15) is 5.10 Å². The number of H-pyrrole nitrogens is 1. The number of rotatable bonds is 4. The number of piperidine rings is 1. The average molecular weight is 361 g/mol. The van der Waals surface area contributed by atoms with Crippen LogP contribution in [0, 0.1) is 5.92 Å². The molecule has 6 nitrogen and oxygen atoms in total. The van der Waals surface area contributed by atoms with E-state index < -0.39 is 0 Å². The second kappa shape index (κ2) is 6.78. The van der Waals surface area contributed by atoms with E-state index in [0.29, 0.717) is 5.82 Å². The molecular weight excluding hydrogens is 338 g/mol. The molecule has 6 heteroatoms. The third-order valence-electron chi connectivity index (χ3n) is 5.77. The number of fused-ring (bicyclic) bond motifs is 1. The molecule has 2 N–H and O–H groups in total. The van der Waals surface area contributed by atoms with Gasteiger partial charge in [0.25, 0.3) is 0 Å².